The number of ether oxygens (including phenoxy) is 6. The van der Waals surface area contributed by atoms with Gasteiger partial charge in [0.25, 0.3) is 0 Å². The Morgan fingerprint density at radius 1 is 0.346 bits per heavy atom. The van der Waals surface area contributed by atoms with Crippen LogP contribution in [-0.2, 0) is 28.4 Å². The number of hydrogen-bond donors (Lipinski definition) is 0. The third-order valence-corrected chi connectivity index (χ3v) is 5.52. The van der Waals surface area contributed by atoms with Crippen LogP contribution >= 0.6 is 0 Å². The molecule has 1 heterocycles. The van der Waals surface area contributed by atoms with Gasteiger partial charge in [-0.1, -0.05) is 25.7 Å². The van der Waals surface area contributed by atoms with Crippen LogP contribution in [0, 0.1) is 0 Å². The van der Waals surface area contributed by atoms with E-state index in [0.717, 1.165) is 25.7 Å². The summed E-state index contributed by atoms with van der Waals surface area (Å²) in [6.07, 6.45) is 9.93. The first kappa shape index (κ1) is 20.5. The topological polar surface area (TPSA) is 55.4 Å². The molecular formula is C20H36O6. The fourth-order valence-corrected chi connectivity index (χ4v) is 4.13. The molecule has 3 rings (SSSR count). The van der Waals surface area contributed by atoms with Crippen LogP contribution in [0.3, 0.4) is 0 Å². The Labute approximate surface area is 157 Å². The van der Waals surface area contributed by atoms with Crippen molar-refractivity contribution in [2.75, 3.05) is 52.9 Å². The van der Waals surface area contributed by atoms with Gasteiger partial charge in [0.15, 0.2) is 0 Å². The first-order valence-corrected chi connectivity index (χ1v) is 10.6. The van der Waals surface area contributed by atoms with E-state index in [-0.39, 0.29) is 24.4 Å². The van der Waals surface area contributed by atoms with Gasteiger partial charge in [0.1, 0.15) is 0 Å². The first-order valence-electron chi connectivity index (χ1n) is 10.6. The highest BCUT2D eigenvalue weighted by Crippen LogP contribution is 2.25. The molecule has 1 aliphatic heterocycles. The van der Waals surface area contributed by atoms with Crippen molar-refractivity contribution >= 4 is 0 Å². The van der Waals surface area contributed by atoms with Gasteiger partial charge in [0.05, 0.1) is 77.3 Å². The highest BCUT2D eigenvalue weighted by atomic mass is 16.6. The molecule has 0 aromatic rings. The Kier molecular flexibility index (Phi) is 9.67. The Bertz CT molecular complexity index is 300. The summed E-state index contributed by atoms with van der Waals surface area (Å²) in [5.41, 5.74) is 0. The SMILES string of the molecule is C1CC[C@H]2OCCOCCO[C@@H]3CCCC[C@H]3OCCOCCO[C@H]2C1. The Morgan fingerprint density at radius 3 is 0.885 bits per heavy atom. The predicted octanol–water partition coefficient (Wildman–Crippen LogP) is 2.72. The molecule has 1 saturated heterocycles. The lowest BCUT2D eigenvalue weighted by molar-refractivity contribution is -0.129. The van der Waals surface area contributed by atoms with Crippen molar-refractivity contribution in [3.05, 3.63) is 0 Å². The van der Waals surface area contributed by atoms with E-state index in [4.69, 9.17) is 28.4 Å². The van der Waals surface area contributed by atoms with Crippen LogP contribution in [0.15, 0.2) is 0 Å². The summed E-state index contributed by atoms with van der Waals surface area (Å²) in [4.78, 5) is 0. The zero-order valence-corrected chi connectivity index (χ0v) is 16.1. The Morgan fingerprint density at radius 2 is 0.615 bits per heavy atom. The smallest absolute Gasteiger partial charge is 0.0837 e. The monoisotopic (exact) mass is 372 g/mol. The highest BCUT2D eigenvalue weighted by Gasteiger charge is 2.27. The Balaban J connectivity index is 1.44. The van der Waals surface area contributed by atoms with Crippen LogP contribution in [0.25, 0.3) is 0 Å². The van der Waals surface area contributed by atoms with Crippen molar-refractivity contribution in [2.24, 2.45) is 0 Å². The van der Waals surface area contributed by atoms with Crippen LogP contribution in [0.5, 0.6) is 0 Å². The summed E-state index contributed by atoms with van der Waals surface area (Å²) in [5.74, 6) is 0. The summed E-state index contributed by atoms with van der Waals surface area (Å²) in [5, 5.41) is 0. The van der Waals surface area contributed by atoms with Gasteiger partial charge in [-0.15, -0.1) is 0 Å². The van der Waals surface area contributed by atoms with E-state index in [1.54, 1.807) is 0 Å². The van der Waals surface area contributed by atoms with Crippen LogP contribution < -0.4 is 0 Å². The summed E-state index contributed by atoms with van der Waals surface area (Å²) in [7, 11) is 0. The second-order valence-electron chi connectivity index (χ2n) is 7.43. The van der Waals surface area contributed by atoms with Crippen LogP contribution in [0.1, 0.15) is 51.4 Å². The molecule has 6 heteroatoms. The molecular weight excluding hydrogens is 336 g/mol. The predicted molar refractivity (Wildman–Crippen MR) is 97.5 cm³/mol. The maximum absolute atomic E-state index is 6.03. The average molecular weight is 373 g/mol. The van der Waals surface area contributed by atoms with E-state index >= 15 is 0 Å². The molecule has 0 aromatic heterocycles. The summed E-state index contributed by atoms with van der Waals surface area (Å²) in [6.45, 7) is 4.93. The minimum atomic E-state index is 0.189. The third kappa shape index (κ3) is 7.06. The second kappa shape index (κ2) is 12.3. The van der Waals surface area contributed by atoms with E-state index in [0.29, 0.717) is 52.9 Å². The molecule has 0 spiro atoms. The van der Waals surface area contributed by atoms with Gasteiger partial charge in [0, 0.05) is 0 Å². The van der Waals surface area contributed by atoms with Gasteiger partial charge in [-0.05, 0) is 25.7 Å². The molecule has 3 fully saturated rings. The van der Waals surface area contributed by atoms with Crippen molar-refractivity contribution in [1.29, 1.82) is 0 Å². The molecule has 0 bridgehead atoms. The van der Waals surface area contributed by atoms with Crippen LogP contribution in [0.2, 0.25) is 0 Å². The molecule has 2 aliphatic carbocycles. The number of rotatable bonds is 0. The van der Waals surface area contributed by atoms with Crippen LogP contribution in [0.4, 0.5) is 0 Å². The molecule has 0 amide bonds. The molecule has 0 aromatic carbocycles. The van der Waals surface area contributed by atoms with Crippen molar-refractivity contribution < 1.29 is 28.4 Å². The fourth-order valence-electron chi connectivity index (χ4n) is 4.13. The molecule has 3 aliphatic rings. The minimum Gasteiger partial charge on any atom is -0.377 e. The molecule has 0 radical (unpaired) electrons. The molecule has 0 N–H and O–H groups in total. The molecule has 152 valence electrons. The lowest BCUT2D eigenvalue weighted by Crippen LogP contribution is -2.37. The second-order valence-corrected chi connectivity index (χ2v) is 7.43. The molecule has 26 heavy (non-hydrogen) atoms. The zero-order valence-electron chi connectivity index (χ0n) is 16.1. The maximum atomic E-state index is 6.03. The largest absolute Gasteiger partial charge is 0.377 e. The van der Waals surface area contributed by atoms with E-state index in [1.165, 1.54) is 25.7 Å². The van der Waals surface area contributed by atoms with Crippen molar-refractivity contribution in [3.63, 3.8) is 0 Å². The first-order chi connectivity index (χ1) is 12.9. The van der Waals surface area contributed by atoms with Gasteiger partial charge in [-0.3, -0.25) is 0 Å². The maximum Gasteiger partial charge on any atom is 0.0837 e. The van der Waals surface area contributed by atoms with Crippen molar-refractivity contribution in [2.45, 2.75) is 75.8 Å². The highest BCUT2D eigenvalue weighted by molar-refractivity contribution is 4.77. The van der Waals surface area contributed by atoms with E-state index < -0.39 is 0 Å². The summed E-state index contributed by atoms with van der Waals surface area (Å²) < 4.78 is 35.5. The molecule has 0 unspecified atom stereocenters. The van der Waals surface area contributed by atoms with Crippen molar-refractivity contribution in [3.8, 4) is 0 Å². The Hall–Kier alpha value is -0.240. The van der Waals surface area contributed by atoms with Crippen LogP contribution in [-0.4, -0.2) is 77.3 Å². The van der Waals surface area contributed by atoms with E-state index in [9.17, 15) is 0 Å². The normalized spacial score (nSPS) is 36.9. The van der Waals surface area contributed by atoms with E-state index in [1.807, 2.05) is 0 Å². The van der Waals surface area contributed by atoms with Gasteiger partial charge in [0.2, 0.25) is 0 Å². The molecule has 4 atom stereocenters. The standard InChI is InChI=1S/C20H36O6/c1-2-6-18-17(5-1)23-13-9-21-11-15-25-19-7-3-4-8-20(19)26-16-12-22-10-14-24-18/h17-20H,1-16H2/t17-,18-,19-,20+/m1/s1. The van der Waals surface area contributed by atoms with E-state index in [2.05, 4.69) is 0 Å². The quantitative estimate of drug-likeness (QED) is 0.652. The summed E-state index contributed by atoms with van der Waals surface area (Å²) >= 11 is 0. The van der Waals surface area contributed by atoms with Gasteiger partial charge in [-0.2, -0.15) is 0 Å². The zero-order chi connectivity index (χ0) is 17.9. The van der Waals surface area contributed by atoms with Crippen molar-refractivity contribution in [1.82, 2.24) is 0 Å². The minimum absolute atomic E-state index is 0.189. The van der Waals surface area contributed by atoms with Gasteiger partial charge >= 0.3 is 0 Å². The third-order valence-electron chi connectivity index (χ3n) is 5.52. The number of fused-ring (bicyclic) bond motifs is 2. The lowest BCUT2D eigenvalue weighted by atomic mass is 9.94. The molecule has 2 saturated carbocycles. The number of hydrogen-bond acceptors (Lipinski definition) is 6. The van der Waals surface area contributed by atoms with Gasteiger partial charge < -0.3 is 28.4 Å². The lowest BCUT2D eigenvalue weighted by Gasteiger charge is -2.32. The fraction of sp³-hybridized carbons (Fsp3) is 1.00. The average Bonchev–Trinajstić information content (AvgIpc) is 2.68. The summed E-state index contributed by atoms with van der Waals surface area (Å²) in [6, 6.07) is 0. The van der Waals surface area contributed by atoms with Gasteiger partial charge in [-0.25, -0.2) is 0 Å². The molecule has 6 nitrogen and oxygen atoms in total.